The summed E-state index contributed by atoms with van der Waals surface area (Å²) in [7, 11) is 3.42. The van der Waals surface area contributed by atoms with Gasteiger partial charge in [0.1, 0.15) is 0 Å². The second-order valence-corrected chi connectivity index (χ2v) is 4.27. The molecule has 94 valence electrons. The molecule has 0 aliphatic carbocycles. The number of nitrogens with zero attached hydrogens (tertiary/aromatic N) is 2. The smallest absolute Gasteiger partial charge is 0.328 e. The zero-order valence-electron chi connectivity index (χ0n) is 10.5. The fraction of sp³-hybridized carbons (Fsp3) is 0.231. The number of fused-ring (bicyclic) bond motifs is 1. The van der Waals surface area contributed by atoms with Gasteiger partial charge in [-0.3, -0.25) is 9.13 Å². The second-order valence-electron chi connectivity index (χ2n) is 4.27. The molecule has 0 saturated heterocycles. The Morgan fingerprint density at radius 1 is 1.22 bits per heavy atom. The van der Waals surface area contributed by atoms with Gasteiger partial charge >= 0.3 is 11.7 Å². The Morgan fingerprint density at radius 2 is 1.78 bits per heavy atom. The van der Waals surface area contributed by atoms with Gasteiger partial charge in [-0.15, -0.1) is 0 Å². The van der Waals surface area contributed by atoms with Crippen molar-refractivity contribution in [3.8, 4) is 0 Å². The number of hydrogen-bond donors (Lipinski definition) is 1. The summed E-state index contributed by atoms with van der Waals surface area (Å²) >= 11 is 0. The average molecular weight is 246 g/mol. The quantitative estimate of drug-likeness (QED) is 0.812. The van der Waals surface area contributed by atoms with Gasteiger partial charge in [0.15, 0.2) is 0 Å². The lowest BCUT2D eigenvalue weighted by atomic mass is 10.1. The topological polar surface area (TPSA) is 64.2 Å². The Balaban J connectivity index is 2.72. The largest absolute Gasteiger partial charge is 0.478 e. The van der Waals surface area contributed by atoms with Crippen LogP contribution in [0, 0.1) is 6.92 Å². The number of carboxylic acids is 1. The highest BCUT2D eigenvalue weighted by atomic mass is 16.4. The summed E-state index contributed by atoms with van der Waals surface area (Å²) in [6.45, 7) is 1.89. The van der Waals surface area contributed by atoms with Crippen molar-refractivity contribution in [3.05, 3.63) is 39.8 Å². The van der Waals surface area contributed by atoms with Crippen LogP contribution < -0.4 is 5.69 Å². The molecule has 1 aromatic heterocycles. The van der Waals surface area contributed by atoms with Crippen molar-refractivity contribution >= 4 is 23.1 Å². The number of rotatable bonds is 2. The van der Waals surface area contributed by atoms with E-state index in [2.05, 4.69) is 0 Å². The molecular formula is C13H14N2O3. The molecule has 0 atom stereocenters. The molecule has 0 saturated carbocycles. The number of aromatic nitrogens is 2. The van der Waals surface area contributed by atoms with E-state index in [4.69, 9.17) is 5.11 Å². The molecule has 0 aliphatic heterocycles. The van der Waals surface area contributed by atoms with E-state index in [0.29, 0.717) is 0 Å². The summed E-state index contributed by atoms with van der Waals surface area (Å²) in [5.41, 5.74) is 3.27. The molecule has 1 heterocycles. The molecule has 0 radical (unpaired) electrons. The van der Waals surface area contributed by atoms with Crippen molar-refractivity contribution in [1.82, 2.24) is 9.13 Å². The fourth-order valence-corrected chi connectivity index (χ4v) is 2.01. The van der Waals surface area contributed by atoms with E-state index in [-0.39, 0.29) is 5.69 Å². The maximum absolute atomic E-state index is 11.8. The Kier molecular flexibility index (Phi) is 2.82. The van der Waals surface area contributed by atoms with Crippen molar-refractivity contribution in [2.75, 3.05) is 0 Å². The summed E-state index contributed by atoms with van der Waals surface area (Å²) in [6.07, 6.45) is 2.63. The minimum absolute atomic E-state index is 0.0937. The summed E-state index contributed by atoms with van der Waals surface area (Å²) in [6, 6.07) is 3.71. The number of carbonyl (C=O) groups is 1. The van der Waals surface area contributed by atoms with Gasteiger partial charge in [0, 0.05) is 20.2 Å². The van der Waals surface area contributed by atoms with Crippen molar-refractivity contribution in [2.45, 2.75) is 6.92 Å². The molecule has 0 spiro atoms. The monoisotopic (exact) mass is 246 g/mol. The van der Waals surface area contributed by atoms with E-state index in [0.717, 1.165) is 28.2 Å². The standard InChI is InChI=1S/C13H14N2O3/c1-8-6-10-11(15(3)13(18)14(10)2)7-9(8)4-5-12(16)17/h4-7H,1-3H3,(H,16,17)/b5-4+. The van der Waals surface area contributed by atoms with Crippen LogP contribution in [0.15, 0.2) is 23.0 Å². The number of hydrogen-bond acceptors (Lipinski definition) is 2. The molecule has 0 amide bonds. The lowest BCUT2D eigenvalue weighted by Gasteiger charge is -2.02. The highest BCUT2D eigenvalue weighted by Gasteiger charge is 2.09. The van der Waals surface area contributed by atoms with Gasteiger partial charge in [0.25, 0.3) is 0 Å². The zero-order valence-corrected chi connectivity index (χ0v) is 10.5. The molecule has 5 heteroatoms. The molecule has 0 fully saturated rings. The Labute approximate surface area is 104 Å². The van der Waals surface area contributed by atoms with Gasteiger partial charge in [0.05, 0.1) is 11.0 Å². The van der Waals surface area contributed by atoms with Crippen molar-refractivity contribution < 1.29 is 9.90 Å². The molecule has 1 aromatic carbocycles. The first kappa shape index (κ1) is 12.2. The van der Waals surface area contributed by atoms with Crippen LogP contribution in [-0.4, -0.2) is 20.2 Å². The fourth-order valence-electron chi connectivity index (χ4n) is 2.01. The summed E-state index contributed by atoms with van der Waals surface area (Å²) in [4.78, 5) is 22.3. The van der Waals surface area contributed by atoms with E-state index >= 15 is 0 Å². The van der Waals surface area contributed by atoms with Crippen LogP contribution in [0.2, 0.25) is 0 Å². The highest BCUT2D eigenvalue weighted by molar-refractivity contribution is 5.87. The average Bonchev–Trinajstić information content (AvgIpc) is 2.52. The summed E-state index contributed by atoms with van der Waals surface area (Å²) < 4.78 is 3.12. The van der Waals surface area contributed by atoms with Gasteiger partial charge in [0.2, 0.25) is 0 Å². The molecule has 5 nitrogen and oxygen atoms in total. The van der Waals surface area contributed by atoms with Crippen LogP contribution >= 0.6 is 0 Å². The molecule has 18 heavy (non-hydrogen) atoms. The van der Waals surface area contributed by atoms with Crippen molar-refractivity contribution in [1.29, 1.82) is 0 Å². The maximum atomic E-state index is 11.8. The first-order valence-corrected chi connectivity index (χ1v) is 5.49. The predicted molar refractivity (Wildman–Crippen MR) is 69.6 cm³/mol. The lowest BCUT2D eigenvalue weighted by Crippen LogP contribution is -2.19. The summed E-state index contributed by atoms with van der Waals surface area (Å²) in [5.74, 6) is -0.989. The van der Waals surface area contributed by atoms with E-state index in [1.165, 1.54) is 6.08 Å². The zero-order chi connectivity index (χ0) is 13.4. The number of imidazole rings is 1. The third-order valence-corrected chi connectivity index (χ3v) is 3.07. The summed E-state index contributed by atoms with van der Waals surface area (Å²) in [5, 5.41) is 8.64. The highest BCUT2D eigenvalue weighted by Crippen LogP contribution is 2.19. The molecule has 0 unspecified atom stereocenters. The number of benzene rings is 1. The number of aryl methyl sites for hydroxylation is 3. The predicted octanol–water partition coefficient (Wildman–Crippen LogP) is 1.28. The van der Waals surface area contributed by atoms with Gasteiger partial charge in [-0.25, -0.2) is 9.59 Å². The van der Waals surface area contributed by atoms with E-state index in [9.17, 15) is 9.59 Å². The van der Waals surface area contributed by atoms with Crippen LogP contribution in [0.25, 0.3) is 17.1 Å². The van der Waals surface area contributed by atoms with Crippen molar-refractivity contribution in [3.63, 3.8) is 0 Å². The van der Waals surface area contributed by atoms with E-state index < -0.39 is 5.97 Å². The van der Waals surface area contributed by atoms with Gasteiger partial charge < -0.3 is 5.11 Å². The number of aliphatic carboxylic acids is 1. The minimum Gasteiger partial charge on any atom is -0.478 e. The lowest BCUT2D eigenvalue weighted by molar-refractivity contribution is -0.131. The van der Waals surface area contributed by atoms with Crippen molar-refractivity contribution in [2.24, 2.45) is 14.1 Å². The van der Waals surface area contributed by atoms with Gasteiger partial charge in [-0.05, 0) is 36.3 Å². The van der Waals surface area contributed by atoms with Crippen LogP contribution in [0.4, 0.5) is 0 Å². The van der Waals surface area contributed by atoms with Crippen LogP contribution in [0.3, 0.4) is 0 Å². The third-order valence-electron chi connectivity index (χ3n) is 3.07. The molecular weight excluding hydrogens is 232 g/mol. The van der Waals surface area contributed by atoms with Gasteiger partial charge in [-0.2, -0.15) is 0 Å². The van der Waals surface area contributed by atoms with Crippen LogP contribution in [-0.2, 0) is 18.9 Å². The molecule has 1 N–H and O–H groups in total. The third kappa shape index (κ3) is 1.84. The molecule has 2 aromatic rings. The van der Waals surface area contributed by atoms with E-state index in [1.807, 2.05) is 19.1 Å². The number of carboxylic acid groups (broad SMARTS) is 1. The first-order valence-electron chi connectivity index (χ1n) is 5.49. The Morgan fingerprint density at radius 3 is 2.33 bits per heavy atom. The first-order chi connectivity index (χ1) is 8.41. The van der Waals surface area contributed by atoms with Gasteiger partial charge in [-0.1, -0.05) is 0 Å². The molecule has 0 aliphatic rings. The Bertz CT molecular complexity index is 720. The normalized spacial score (nSPS) is 11.5. The molecule has 0 bridgehead atoms. The minimum atomic E-state index is -0.989. The Hall–Kier alpha value is -2.30. The second kappa shape index (κ2) is 4.18. The maximum Gasteiger partial charge on any atom is 0.328 e. The molecule has 2 rings (SSSR count). The van der Waals surface area contributed by atoms with Crippen LogP contribution in [0.5, 0.6) is 0 Å². The SMILES string of the molecule is Cc1cc2c(cc1/C=C/C(=O)O)n(C)c(=O)n2C. The van der Waals surface area contributed by atoms with E-state index in [1.54, 1.807) is 23.2 Å². The van der Waals surface area contributed by atoms with Crippen LogP contribution in [0.1, 0.15) is 11.1 Å².